The first-order chi connectivity index (χ1) is 6.18. The summed E-state index contributed by atoms with van der Waals surface area (Å²) in [5, 5.41) is 1.54. The van der Waals surface area contributed by atoms with Crippen molar-refractivity contribution < 1.29 is 4.79 Å². The fourth-order valence-electron chi connectivity index (χ4n) is 0.747. The molecule has 0 unspecified atom stereocenters. The number of hydrogen-bond acceptors (Lipinski definition) is 3. The number of ketones is 1. The van der Waals surface area contributed by atoms with Crippen molar-refractivity contribution in [3.05, 3.63) is 23.4 Å². The predicted octanol–water partition coefficient (Wildman–Crippen LogP) is 2.81. The lowest BCUT2D eigenvalue weighted by Crippen LogP contribution is -1.92. The van der Waals surface area contributed by atoms with Gasteiger partial charge in [0.15, 0.2) is 0 Å². The van der Waals surface area contributed by atoms with Crippen molar-refractivity contribution in [3.63, 3.8) is 0 Å². The molecule has 0 atom stereocenters. The van der Waals surface area contributed by atoms with Crippen molar-refractivity contribution in [2.75, 3.05) is 5.75 Å². The summed E-state index contributed by atoms with van der Waals surface area (Å²) in [5.74, 6) is 0.991. The summed E-state index contributed by atoms with van der Waals surface area (Å²) in [4.78, 5) is 14.7. The fraction of sp³-hybridized carbons (Fsp3) is 0.333. The standard InChI is InChI=1S/C9H10ClNOS/c1-7(12)4-5-13-9-3-2-8(10)6-11-9/h2-3,6H,4-5H2,1H3. The molecular weight excluding hydrogens is 206 g/mol. The first-order valence-electron chi connectivity index (χ1n) is 3.92. The highest BCUT2D eigenvalue weighted by atomic mass is 35.5. The average Bonchev–Trinajstić information content (AvgIpc) is 2.08. The molecule has 1 heterocycles. The lowest BCUT2D eigenvalue weighted by atomic mass is 10.4. The molecule has 1 aromatic heterocycles. The van der Waals surface area contributed by atoms with E-state index in [1.807, 2.05) is 6.07 Å². The Balaban J connectivity index is 2.37. The van der Waals surface area contributed by atoms with Crippen LogP contribution in [0.3, 0.4) is 0 Å². The van der Waals surface area contributed by atoms with Crippen LogP contribution in [0.5, 0.6) is 0 Å². The van der Waals surface area contributed by atoms with Crippen LogP contribution in [-0.4, -0.2) is 16.5 Å². The van der Waals surface area contributed by atoms with E-state index in [4.69, 9.17) is 11.6 Å². The lowest BCUT2D eigenvalue weighted by molar-refractivity contribution is -0.116. The van der Waals surface area contributed by atoms with Gasteiger partial charge in [-0.05, 0) is 19.1 Å². The highest BCUT2D eigenvalue weighted by molar-refractivity contribution is 7.99. The van der Waals surface area contributed by atoms with Crippen LogP contribution in [0.2, 0.25) is 5.02 Å². The normalized spacial score (nSPS) is 10.0. The minimum Gasteiger partial charge on any atom is -0.300 e. The van der Waals surface area contributed by atoms with E-state index in [-0.39, 0.29) is 5.78 Å². The number of carbonyl (C=O) groups excluding carboxylic acids is 1. The number of rotatable bonds is 4. The van der Waals surface area contributed by atoms with E-state index in [1.54, 1.807) is 30.9 Å². The smallest absolute Gasteiger partial charge is 0.130 e. The number of aromatic nitrogens is 1. The zero-order chi connectivity index (χ0) is 9.68. The van der Waals surface area contributed by atoms with Gasteiger partial charge in [0.1, 0.15) is 5.78 Å². The van der Waals surface area contributed by atoms with Gasteiger partial charge in [0.05, 0.1) is 10.0 Å². The van der Waals surface area contributed by atoms with Gasteiger partial charge in [-0.1, -0.05) is 11.6 Å². The molecule has 70 valence electrons. The Morgan fingerprint density at radius 1 is 1.62 bits per heavy atom. The summed E-state index contributed by atoms with van der Waals surface area (Å²) >= 11 is 7.24. The van der Waals surface area contributed by atoms with Gasteiger partial charge in [-0.2, -0.15) is 0 Å². The molecule has 2 nitrogen and oxygen atoms in total. The van der Waals surface area contributed by atoms with Crippen molar-refractivity contribution in [1.82, 2.24) is 4.98 Å². The minimum absolute atomic E-state index is 0.210. The second-order valence-electron chi connectivity index (χ2n) is 2.62. The summed E-state index contributed by atoms with van der Waals surface area (Å²) in [5.41, 5.74) is 0. The lowest BCUT2D eigenvalue weighted by Gasteiger charge is -1.98. The molecule has 0 aromatic carbocycles. The van der Waals surface area contributed by atoms with Crippen LogP contribution < -0.4 is 0 Å². The molecule has 0 aliphatic carbocycles. The summed E-state index contributed by atoms with van der Waals surface area (Å²) in [6.45, 7) is 1.59. The Morgan fingerprint density at radius 3 is 2.92 bits per heavy atom. The van der Waals surface area contributed by atoms with Crippen LogP contribution >= 0.6 is 23.4 Å². The third kappa shape index (κ3) is 4.29. The molecule has 13 heavy (non-hydrogen) atoms. The molecular formula is C9H10ClNOS. The van der Waals surface area contributed by atoms with Crippen molar-refractivity contribution >= 4 is 29.1 Å². The molecule has 0 fully saturated rings. The topological polar surface area (TPSA) is 30.0 Å². The Labute approximate surface area is 86.7 Å². The maximum atomic E-state index is 10.6. The molecule has 0 saturated carbocycles. The van der Waals surface area contributed by atoms with Gasteiger partial charge in [0, 0.05) is 18.4 Å². The van der Waals surface area contributed by atoms with E-state index in [0.717, 1.165) is 10.8 Å². The number of nitrogens with zero attached hydrogens (tertiary/aromatic N) is 1. The molecule has 4 heteroatoms. The zero-order valence-corrected chi connectivity index (χ0v) is 8.86. The van der Waals surface area contributed by atoms with Crippen molar-refractivity contribution in [2.24, 2.45) is 0 Å². The maximum absolute atomic E-state index is 10.6. The van der Waals surface area contributed by atoms with Gasteiger partial charge in [0.2, 0.25) is 0 Å². The largest absolute Gasteiger partial charge is 0.300 e. The van der Waals surface area contributed by atoms with Crippen molar-refractivity contribution in [2.45, 2.75) is 18.4 Å². The van der Waals surface area contributed by atoms with Gasteiger partial charge in [-0.15, -0.1) is 11.8 Å². The molecule has 0 saturated heterocycles. The van der Waals surface area contributed by atoms with E-state index < -0.39 is 0 Å². The van der Waals surface area contributed by atoms with Crippen LogP contribution in [0.25, 0.3) is 0 Å². The number of hydrogen-bond donors (Lipinski definition) is 0. The number of thioether (sulfide) groups is 1. The molecule has 1 rings (SSSR count). The number of Topliss-reactive ketones (excluding diaryl/α,β-unsaturated/α-hetero) is 1. The van der Waals surface area contributed by atoms with Crippen LogP contribution in [0, 0.1) is 0 Å². The van der Waals surface area contributed by atoms with Crippen LogP contribution in [0.15, 0.2) is 23.4 Å². The van der Waals surface area contributed by atoms with Crippen LogP contribution in [0.4, 0.5) is 0 Å². The Hall–Kier alpha value is -0.540. The van der Waals surface area contributed by atoms with E-state index in [9.17, 15) is 4.79 Å². The van der Waals surface area contributed by atoms with Gasteiger partial charge >= 0.3 is 0 Å². The summed E-state index contributed by atoms with van der Waals surface area (Å²) in [6, 6.07) is 3.65. The van der Waals surface area contributed by atoms with Crippen molar-refractivity contribution in [3.8, 4) is 0 Å². The van der Waals surface area contributed by atoms with Crippen molar-refractivity contribution in [1.29, 1.82) is 0 Å². The average molecular weight is 216 g/mol. The Bertz CT molecular complexity index is 286. The minimum atomic E-state index is 0.210. The molecule has 0 aliphatic rings. The molecule has 0 bridgehead atoms. The first-order valence-corrected chi connectivity index (χ1v) is 5.28. The maximum Gasteiger partial charge on any atom is 0.130 e. The quantitative estimate of drug-likeness (QED) is 0.724. The number of carbonyl (C=O) groups is 1. The molecule has 0 aliphatic heterocycles. The van der Waals surface area contributed by atoms with E-state index in [0.29, 0.717) is 11.4 Å². The van der Waals surface area contributed by atoms with Gasteiger partial charge in [-0.25, -0.2) is 4.98 Å². The van der Waals surface area contributed by atoms with E-state index in [2.05, 4.69) is 4.98 Å². The second kappa shape index (κ2) is 5.25. The van der Waals surface area contributed by atoms with Gasteiger partial charge < -0.3 is 0 Å². The molecule has 1 aromatic rings. The summed E-state index contributed by atoms with van der Waals surface area (Å²) < 4.78 is 0. The summed E-state index contributed by atoms with van der Waals surface area (Å²) in [6.07, 6.45) is 2.20. The Morgan fingerprint density at radius 2 is 2.38 bits per heavy atom. The third-order valence-corrected chi connectivity index (χ3v) is 2.57. The second-order valence-corrected chi connectivity index (χ2v) is 4.17. The predicted molar refractivity (Wildman–Crippen MR) is 55.3 cm³/mol. The van der Waals surface area contributed by atoms with Crippen LogP contribution in [0.1, 0.15) is 13.3 Å². The molecule has 0 N–H and O–H groups in total. The fourth-order valence-corrected chi connectivity index (χ4v) is 1.75. The molecule has 0 spiro atoms. The molecule has 0 amide bonds. The highest BCUT2D eigenvalue weighted by Gasteiger charge is 1.97. The van der Waals surface area contributed by atoms with Gasteiger partial charge in [-0.3, -0.25) is 4.79 Å². The number of pyridine rings is 1. The SMILES string of the molecule is CC(=O)CCSc1ccc(Cl)cn1. The molecule has 0 radical (unpaired) electrons. The highest BCUT2D eigenvalue weighted by Crippen LogP contribution is 2.17. The zero-order valence-electron chi connectivity index (χ0n) is 7.29. The Kier molecular flexibility index (Phi) is 4.25. The number of halogens is 1. The third-order valence-electron chi connectivity index (χ3n) is 1.40. The summed E-state index contributed by atoms with van der Waals surface area (Å²) in [7, 11) is 0. The monoisotopic (exact) mass is 215 g/mol. The van der Waals surface area contributed by atoms with Crippen LogP contribution in [-0.2, 0) is 4.79 Å². The van der Waals surface area contributed by atoms with E-state index >= 15 is 0 Å². The van der Waals surface area contributed by atoms with E-state index in [1.165, 1.54) is 0 Å². The first kappa shape index (κ1) is 10.5. The van der Waals surface area contributed by atoms with Gasteiger partial charge in [0.25, 0.3) is 0 Å².